The highest BCUT2D eigenvalue weighted by atomic mass is 16.5. The molecule has 0 radical (unpaired) electrons. The predicted octanol–water partition coefficient (Wildman–Crippen LogP) is 3.13. The molecule has 2 aromatic carbocycles. The first-order chi connectivity index (χ1) is 14.6. The van der Waals surface area contributed by atoms with Gasteiger partial charge in [0.05, 0.1) is 0 Å². The van der Waals surface area contributed by atoms with Crippen molar-refractivity contribution in [2.24, 2.45) is 0 Å². The maximum absolute atomic E-state index is 12.1. The van der Waals surface area contributed by atoms with E-state index in [-0.39, 0.29) is 11.7 Å². The van der Waals surface area contributed by atoms with E-state index >= 15 is 0 Å². The lowest BCUT2D eigenvalue weighted by Gasteiger charge is -2.31. The van der Waals surface area contributed by atoms with Crippen LogP contribution < -0.4 is 10.1 Å². The molecule has 1 saturated heterocycles. The van der Waals surface area contributed by atoms with Gasteiger partial charge in [0.25, 0.3) is 0 Å². The molecule has 0 atom stereocenters. The average Bonchev–Trinajstić information content (AvgIpc) is 2.78. The molecule has 0 aromatic heterocycles. The van der Waals surface area contributed by atoms with E-state index in [2.05, 4.69) is 17.3 Å². The van der Waals surface area contributed by atoms with Crippen LogP contribution in [0.3, 0.4) is 0 Å². The Bertz CT molecular complexity index is 805. The maximum atomic E-state index is 12.1. The third kappa shape index (κ3) is 7.04. The summed E-state index contributed by atoms with van der Waals surface area (Å²) in [6.45, 7) is 3.65. The molecule has 1 aliphatic rings. The van der Waals surface area contributed by atoms with Gasteiger partial charge in [-0.2, -0.15) is 0 Å². The van der Waals surface area contributed by atoms with Crippen LogP contribution in [0, 0.1) is 0 Å². The molecule has 2 N–H and O–H groups in total. The minimum absolute atomic E-state index is 0.0392. The number of aromatic hydroxyl groups is 1. The van der Waals surface area contributed by atoms with Gasteiger partial charge in [0.2, 0.25) is 5.91 Å². The number of likely N-dealkylation sites (N-methyl/N-ethyl adjacent to an activating group) is 1. The number of carbonyl (C=O) groups is 1. The zero-order chi connectivity index (χ0) is 21.2. The van der Waals surface area contributed by atoms with Crippen LogP contribution >= 0.6 is 0 Å². The Balaban J connectivity index is 1.38. The summed E-state index contributed by atoms with van der Waals surface area (Å²) < 4.78 is 11.3. The molecule has 0 unspecified atom stereocenters. The van der Waals surface area contributed by atoms with E-state index in [0.29, 0.717) is 32.0 Å². The van der Waals surface area contributed by atoms with E-state index in [0.717, 1.165) is 49.5 Å². The van der Waals surface area contributed by atoms with Crippen molar-refractivity contribution in [1.82, 2.24) is 10.2 Å². The highest BCUT2D eigenvalue weighted by Gasteiger charge is 2.18. The highest BCUT2D eigenvalue weighted by molar-refractivity contribution is 5.76. The molecule has 1 amide bonds. The van der Waals surface area contributed by atoms with Crippen molar-refractivity contribution >= 4 is 5.91 Å². The molecule has 6 heteroatoms. The Morgan fingerprint density at radius 3 is 2.80 bits per heavy atom. The van der Waals surface area contributed by atoms with E-state index in [4.69, 9.17) is 9.47 Å². The van der Waals surface area contributed by atoms with Crippen molar-refractivity contribution in [2.75, 3.05) is 33.4 Å². The van der Waals surface area contributed by atoms with E-state index < -0.39 is 0 Å². The molecule has 162 valence electrons. The Labute approximate surface area is 178 Å². The van der Waals surface area contributed by atoms with Crippen molar-refractivity contribution in [1.29, 1.82) is 0 Å². The lowest BCUT2D eigenvalue weighted by Crippen LogP contribution is -2.38. The molecule has 2 aromatic rings. The monoisotopic (exact) mass is 412 g/mol. The molecule has 6 nitrogen and oxygen atoms in total. The fourth-order valence-electron chi connectivity index (χ4n) is 3.62. The number of benzene rings is 2. The SMILES string of the molecule is CN(CCOc1cccc(CNC(=O)CCc2ccccc2O)c1)C1CCOCC1. The quantitative estimate of drug-likeness (QED) is 0.627. The van der Waals surface area contributed by atoms with Crippen molar-refractivity contribution in [3.8, 4) is 11.5 Å². The van der Waals surface area contributed by atoms with Crippen molar-refractivity contribution in [3.05, 3.63) is 59.7 Å². The molecular formula is C24H32N2O4. The molecule has 0 spiro atoms. The molecular weight excluding hydrogens is 380 g/mol. The van der Waals surface area contributed by atoms with Crippen LogP contribution in [-0.2, 0) is 22.5 Å². The first-order valence-corrected chi connectivity index (χ1v) is 10.6. The standard InChI is InChI=1S/C24H32N2O4/c1-26(21-11-14-29-15-12-21)13-16-30-22-7-4-5-19(17-22)18-25-24(28)10-9-20-6-2-3-8-23(20)27/h2-8,17,21,27H,9-16,18H2,1H3,(H,25,28). The van der Waals surface area contributed by atoms with Crippen LogP contribution in [0.4, 0.5) is 0 Å². The minimum atomic E-state index is -0.0392. The van der Waals surface area contributed by atoms with Crippen molar-refractivity contribution < 1.29 is 19.4 Å². The van der Waals surface area contributed by atoms with Gasteiger partial charge in [-0.3, -0.25) is 9.69 Å². The first-order valence-electron chi connectivity index (χ1n) is 10.6. The van der Waals surface area contributed by atoms with Crippen LogP contribution in [-0.4, -0.2) is 55.4 Å². The third-order valence-electron chi connectivity index (χ3n) is 5.53. The van der Waals surface area contributed by atoms with Gasteiger partial charge < -0.3 is 19.9 Å². The number of hydrogen-bond acceptors (Lipinski definition) is 5. The van der Waals surface area contributed by atoms with E-state index in [1.54, 1.807) is 12.1 Å². The second-order valence-electron chi connectivity index (χ2n) is 7.73. The molecule has 1 fully saturated rings. The molecule has 0 bridgehead atoms. The normalized spacial score (nSPS) is 14.6. The second kappa shape index (κ2) is 11.6. The number of phenols is 1. The van der Waals surface area contributed by atoms with Crippen LogP contribution in [0.15, 0.2) is 48.5 Å². The third-order valence-corrected chi connectivity index (χ3v) is 5.53. The summed E-state index contributed by atoms with van der Waals surface area (Å²) in [6, 6.07) is 15.5. The largest absolute Gasteiger partial charge is 0.508 e. The molecule has 3 rings (SSSR count). The number of rotatable bonds is 10. The van der Waals surface area contributed by atoms with Gasteiger partial charge in [0.15, 0.2) is 0 Å². The molecule has 0 aliphatic carbocycles. The van der Waals surface area contributed by atoms with Gasteiger partial charge in [0, 0.05) is 38.8 Å². The summed E-state index contributed by atoms with van der Waals surface area (Å²) in [5, 5.41) is 12.7. The highest BCUT2D eigenvalue weighted by Crippen LogP contribution is 2.18. The number of carbonyl (C=O) groups excluding carboxylic acids is 1. The Morgan fingerprint density at radius 1 is 1.20 bits per heavy atom. The zero-order valence-corrected chi connectivity index (χ0v) is 17.7. The Kier molecular flexibility index (Phi) is 8.53. The van der Waals surface area contributed by atoms with Gasteiger partial charge in [-0.1, -0.05) is 30.3 Å². The number of para-hydroxylation sites is 1. The average molecular weight is 413 g/mol. The number of hydrogen-bond donors (Lipinski definition) is 2. The van der Waals surface area contributed by atoms with Crippen LogP contribution in [0.1, 0.15) is 30.4 Å². The van der Waals surface area contributed by atoms with Crippen LogP contribution in [0.2, 0.25) is 0 Å². The van der Waals surface area contributed by atoms with Gasteiger partial charge >= 0.3 is 0 Å². The molecule has 0 saturated carbocycles. The molecule has 30 heavy (non-hydrogen) atoms. The topological polar surface area (TPSA) is 71.0 Å². The lowest BCUT2D eigenvalue weighted by atomic mass is 10.1. The summed E-state index contributed by atoms with van der Waals surface area (Å²) in [7, 11) is 2.14. The Morgan fingerprint density at radius 2 is 2.00 bits per heavy atom. The summed E-state index contributed by atoms with van der Waals surface area (Å²) in [6.07, 6.45) is 3.01. The number of aryl methyl sites for hydroxylation is 1. The van der Waals surface area contributed by atoms with Crippen molar-refractivity contribution in [2.45, 2.75) is 38.3 Å². The van der Waals surface area contributed by atoms with Gasteiger partial charge in [-0.25, -0.2) is 0 Å². The van der Waals surface area contributed by atoms with E-state index in [1.807, 2.05) is 36.4 Å². The minimum Gasteiger partial charge on any atom is -0.508 e. The Hall–Kier alpha value is -2.57. The lowest BCUT2D eigenvalue weighted by molar-refractivity contribution is -0.121. The smallest absolute Gasteiger partial charge is 0.220 e. The van der Waals surface area contributed by atoms with E-state index in [1.165, 1.54) is 0 Å². The number of amides is 1. The van der Waals surface area contributed by atoms with Gasteiger partial charge in [-0.15, -0.1) is 0 Å². The number of nitrogens with one attached hydrogen (secondary N) is 1. The second-order valence-corrected chi connectivity index (χ2v) is 7.73. The predicted molar refractivity (Wildman–Crippen MR) is 117 cm³/mol. The van der Waals surface area contributed by atoms with E-state index in [9.17, 15) is 9.90 Å². The number of ether oxygens (including phenoxy) is 2. The van der Waals surface area contributed by atoms with Crippen LogP contribution in [0.25, 0.3) is 0 Å². The summed E-state index contributed by atoms with van der Waals surface area (Å²) >= 11 is 0. The number of nitrogens with zero attached hydrogens (tertiary/aromatic N) is 1. The summed E-state index contributed by atoms with van der Waals surface area (Å²) in [5.74, 6) is 1.01. The fraction of sp³-hybridized carbons (Fsp3) is 0.458. The van der Waals surface area contributed by atoms with Crippen molar-refractivity contribution in [3.63, 3.8) is 0 Å². The van der Waals surface area contributed by atoms with Crippen LogP contribution in [0.5, 0.6) is 11.5 Å². The number of phenolic OH excluding ortho intramolecular Hbond substituents is 1. The summed E-state index contributed by atoms with van der Waals surface area (Å²) in [5.41, 5.74) is 1.79. The zero-order valence-electron chi connectivity index (χ0n) is 17.7. The summed E-state index contributed by atoms with van der Waals surface area (Å²) in [4.78, 5) is 14.5. The first kappa shape index (κ1) is 22.1. The fourth-order valence-corrected chi connectivity index (χ4v) is 3.62. The molecule has 1 heterocycles. The molecule has 1 aliphatic heterocycles. The maximum Gasteiger partial charge on any atom is 0.220 e. The van der Waals surface area contributed by atoms with Gasteiger partial charge in [-0.05, 0) is 55.6 Å². The van der Waals surface area contributed by atoms with Gasteiger partial charge in [0.1, 0.15) is 18.1 Å².